The Hall–Kier alpha value is -1.46. The molecule has 20 heavy (non-hydrogen) atoms. The van der Waals surface area contributed by atoms with Crippen LogP contribution in [0.5, 0.6) is 0 Å². The molecule has 0 radical (unpaired) electrons. The van der Waals surface area contributed by atoms with Crippen LogP contribution in [0.1, 0.15) is 31.2 Å². The minimum Gasteiger partial charge on any atom is -0.454 e. The first-order valence-corrected chi connectivity index (χ1v) is 7.62. The zero-order valence-corrected chi connectivity index (χ0v) is 13.5. The topological polar surface area (TPSA) is 43.4 Å². The summed E-state index contributed by atoms with van der Waals surface area (Å²) in [4.78, 5) is 24.4. The normalized spacial score (nSPS) is 10.3. The number of hydrogen-bond donors (Lipinski definition) is 0. The standard InChI is InChI=1S/C15H13BrO3S/c1-9-4-3-5-11(10(9)2)15(18)19-8-12(17)13-6-7-14(16)20-13/h3-7H,8H2,1-2H3. The van der Waals surface area contributed by atoms with Gasteiger partial charge in [-0.25, -0.2) is 4.79 Å². The number of halogens is 1. The monoisotopic (exact) mass is 352 g/mol. The molecule has 1 aromatic carbocycles. The summed E-state index contributed by atoms with van der Waals surface area (Å²) in [5, 5.41) is 0. The van der Waals surface area contributed by atoms with Crippen LogP contribution in [0, 0.1) is 13.8 Å². The lowest BCUT2D eigenvalue weighted by Crippen LogP contribution is -2.14. The van der Waals surface area contributed by atoms with Gasteiger partial charge in [0.25, 0.3) is 0 Å². The van der Waals surface area contributed by atoms with Crippen LogP contribution in [-0.2, 0) is 4.74 Å². The molecular weight excluding hydrogens is 340 g/mol. The van der Waals surface area contributed by atoms with E-state index in [-0.39, 0.29) is 12.4 Å². The predicted molar refractivity (Wildman–Crippen MR) is 82.5 cm³/mol. The smallest absolute Gasteiger partial charge is 0.338 e. The number of ether oxygens (including phenoxy) is 1. The van der Waals surface area contributed by atoms with Gasteiger partial charge in [0.1, 0.15) is 0 Å². The Bertz CT molecular complexity index is 661. The van der Waals surface area contributed by atoms with Gasteiger partial charge in [-0.15, -0.1) is 11.3 Å². The van der Waals surface area contributed by atoms with E-state index in [0.717, 1.165) is 14.9 Å². The largest absolute Gasteiger partial charge is 0.454 e. The lowest BCUT2D eigenvalue weighted by molar-refractivity contribution is 0.0475. The fraction of sp³-hybridized carbons (Fsp3) is 0.200. The quantitative estimate of drug-likeness (QED) is 0.612. The van der Waals surface area contributed by atoms with Crippen molar-refractivity contribution in [3.05, 3.63) is 55.7 Å². The van der Waals surface area contributed by atoms with Crippen LogP contribution in [-0.4, -0.2) is 18.4 Å². The Balaban J connectivity index is 2.02. The molecule has 0 spiro atoms. The van der Waals surface area contributed by atoms with E-state index in [1.54, 1.807) is 24.3 Å². The number of thiophene rings is 1. The predicted octanol–water partition coefficient (Wildman–Crippen LogP) is 4.17. The molecule has 0 saturated carbocycles. The third kappa shape index (κ3) is 3.35. The fourth-order valence-corrected chi connectivity index (χ4v) is 3.03. The van der Waals surface area contributed by atoms with E-state index >= 15 is 0 Å². The summed E-state index contributed by atoms with van der Waals surface area (Å²) < 4.78 is 5.97. The highest BCUT2D eigenvalue weighted by Gasteiger charge is 2.15. The second-order valence-corrected chi connectivity index (χ2v) is 6.81. The SMILES string of the molecule is Cc1cccc(C(=O)OCC(=O)c2ccc(Br)s2)c1C. The van der Waals surface area contributed by atoms with E-state index in [9.17, 15) is 9.59 Å². The molecule has 0 bridgehead atoms. The molecule has 2 rings (SSSR count). The third-order valence-electron chi connectivity index (χ3n) is 3.01. The molecule has 0 fully saturated rings. The van der Waals surface area contributed by atoms with Crippen LogP contribution < -0.4 is 0 Å². The van der Waals surface area contributed by atoms with E-state index in [2.05, 4.69) is 15.9 Å². The van der Waals surface area contributed by atoms with Gasteiger partial charge in [-0.1, -0.05) is 12.1 Å². The van der Waals surface area contributed by atoms with Crippen molar-refractivity contribution in [1.29, 1.82) is 0 Å². The number of hydrogen-bond acceptors (Lipinski definition) is 4. The molecule has 1 aromatic heterocycles. The number of Topliss-reactive ketones (excluding diaryl/α,β-unsaturated/α-hetero) is 1. The van der Waals surface area contributed by atoms with E-state index in [4.69, 9.17) is 4.74 Å². The Morgan fingerprint density at radius 1 is 1.20 bits per heavy atom. The van der Waals surface area contributed by atoms with Gasteiger partial charge in [0, 0.05) is 0 Å². The first-order chi connectivity index (χ1) is 9.49. The summed E-state index contributed by atoms with van der Waals surface area (Å²) in [5.74, 6) is -0.658. The number of benzene rings is 1. The van der Waals surface area contributed by atoms with Crippen LogP contribution in [0.15, 0.2) is 34.1 Å². The average Bonchev–Trinajstić information content (AvgIpc) is 2.85. The Kier molecular flexibility index (Phi) is 4.73. The zero-order valence-electron chi connectivity index (χ0n) is 11.1. The highest BCUT2D eigenvalue weighted by atomic mass is 79.9. The maximum Gasteiger partial charge on any atom is 0.338 e. The van der Waals surface area contributed by atoms with Crippen molar-refractivity contribution >= 4 is 39.0 Å². The summed E-state index contributed by atoms with van der Waals surface area (Å²) in [7, 11) is 0. The number of carbonyl (C=O) groups excluding carboxylic acids is 2. The molecule has 3 nitrogen and oxygen atoms in total. The van der Waals surface area contributed by atoms with Crippen molar-refractivity contribution < 1.29 is 14.3 Å². The van der Waals surface area contributed by atoms with Crippen molar-refractivity contribution in [3.63, 3.8) is 0 Å². The van der Waals surface area contributed by atoms with Gasteiger partial charge >= 0.3 is 5.97 Å². The molecule has 0 unspecified atom stereocenters. The molecule has 5 heteroatoms. The third-order valence-corrected chi connectivity index (χ3v) is 4.67. The second-order valence-electron chi connectivity index (χ2n) is 4.35. The Morgan fingerprint density at radius 3 is 2.60 bits per heavy atom. The van der Waals surface area contributed by atoms with Crippen molar-refractivity contribution in [2.75, 3.05) is 6.61 Å². The van der Waals surface area contributed by atoms with E-state index in [0.29, 0.717) is 10.4 Å². The molecule has 0 amide bonds. The van der Waals surface area contributed by atoms with Crippen molar-refractivity contribution in [2.24, 2.45) is 0 Å². The highest BCUT2D eigenvalue weighted by molar-refractivity contribution is 9.11. The minimum atomic E-state index is -0.463. The summed E-state index contributed by atoms with van der Waals surface area (Å²) >= 11 is 4.62. The van der Waals surface area contributed by atoms with Gasteiger partial charge in [-0.05, 0) is 59.1 Å². The number of aryl methyl sites for hydroxylation is 1. The first kappa shape index (κ1) is 14.9. The van der Waals surface area contributed by atoms with Gasteiger partial charge in [0.2, 0.25) is 5.78 Å². The van der Waals surface area contributed by atoms with Crippen molar-refractivity contribution in [1.82, 2.24) is 0 Å². The van der Waals surface area contributed by atoms with Gasteiger partial charge in [-0.2, -0.15) is 0 Å². The number of rotatable bonds is 4. The van der Waals surface area contributed by atoms with Gasteiger partial charge in [0.15, 0.2) is 6.61 Å². The molecule has 0 atom stereocenters. The van der Waals surface area contributed by atoms with Crippen LogP contribution in [0.4, 0.5) is 0 Å². The molecule has 2 aromatic rings. The van der Waals surface area contributed by atoms with Crippen molar-refractivity contribution in [2.45, 2.75) is 13.8 Å². The molecular formula is C15H13BrO3S. The molecule has 0 aliphatic heterocycles. The second kappa shape index (κ2) is 6.33. The Labute approximate surface area is 129 Å². The van der Waals surface area contributed by atoms with Crippen molar-refractivity contribution in [3.8, 4) is 0 Å². The first-order valence-electron chi connectivity index (χ1n) is 6.01. The Morgan fingerprint density at radius 2 is 1.95 bits per heavy atom. The minimum absolute atomic E-state index is 0.195. The zero-order chi connectivity index (χ0) is 14.7. The van der Waals surface area contributed by atoms with Crippen LogP contribution in [0.2, 0.25) is 0 Å². The number of esters is 1. The van der Waals surface area contributed by atoms with Crippen LogP contribution in [0.3, 0.4) is 0 Å². The van der Waals surface area contributed by atoms with E-state index in [1.807, 2.05) is 19.9 Å². The molecule has 0 saturated heterocycles. The number of ketones is 1. The van der Waals surface area contributed by atoms with Crippen LogP contribution >= 0.6 is 27.3 Å². The van der Waals surface area contributed by atoms with E-state index in [1.165, 1.54) is 11.3 Å². The molecule has 0 aliphatic carbocycles. The maximum absolute atomic E-state index is 12.0. The number of carbonyl (C=O) groups is 2. The lowest BCUT2D eigenvalue weighted by Gasteiger charge is -2.08. The van der Waals surface area contributed by atoms with Gasteiger partial charge in [0.05, 0.1) is 14.2 Å². The highest BCUT2D eigenvalue weighted by Crippen LogP contribution is 2.22. The fourth-order valence-electron chi connectivity index (χ4n) is 1.72. The summed E-state index contributed by atoms with van der Waals surface area (Å²) in [6, 6.07) is 8.95. The van der Waals surface area contributed by atoms with Gasteiger partial charge < -0.3 is 4.74 Å². The summed E-state index contributed by atoms with van der Waals surface area (Å²) in [6.45, 7) is 3.56. The maximum atomic E-state index is 12.0. The molecule has 104 valence electrons. The molecule has 1 heterocycles. The summed E-state index contributed by atoms with van der Waals surface area (Å²) in [5.41, 5.74) is 2.40. The van der Waals surface area contributed by atoms with E-state index < -0.39 is 5.97 Å². The van der Waals surface area contributed by atoms with Crippen LogP contribution in [0.25, 0.3) is 0 Å². The lowest BCUT2D eigenvalue weighted by atomic mass is 10.0. The summed E-state index contributed by atoms with van der Waals surface area (Å²) in [6.07, 6.45) is 0. The molecule has 0 N–H and O–H groups in total. The van der Waals surface area contributed by atoms with Gasteiger partial charge in [-0.3, -0.25) is 4.79 Å². The molecule has 0 aliphatic rings. The average molecular weight is 353 g/mol.